The van der Waals surface area contributed by atoms with Crippen molar-refractivity contribution in [2.24, 2.45) is 0 Å². The van der Waals surface area contributed by atoms with Gasteiger partial charge in [-0.15, -0.1) is 11.3 Å². The van der Waals surface area contributed by atoms with E-state index in [0.29, 0.717) is 0 Å². The first-order valence-electron chi connectivity index (χ1n) is 3.54. The number of hydrazine groups is 1. The number of aromatic nitrogens is 1. The molecular weight excluding hydrogens is 158 g/mol. The first-order chi connectivity index (χ1) is 5.27. The van der Waals surface area contributed by atoms with Crippen molar-refractivity contribution in [3.05, 3.63) is 16.1 Å². The van der Waals surface area contributed by atoms with Crippen LogP contribution in [0.15, 0.2) is 0 Å². The maximum Gasteiger partial charge on any atom is 0.152 e. The van der Waals surface area contributed by atoms with Gasteiger partial charge < -0.3 is 0 Å². The highest BCUT2D eigenvalue weighted by atomic mass is 32.1. The maximum atomic E-state index is 4.17. The van der Waals surface area contributed by atoms with Gasteiger partial charge in [-0.05, 0) is 0 Å². The lowest BCUT2D eigenvalue weighted by Crippen LogP contribution is -2.39. The molecule has 0 N–H and O–H groups in total. The Balaban J connectivity index is 2.30. The van der Waals surface area contributed by atoms with Gasteiger partial charge in [0.1, 0.15) is 0 Å². The molecule has 1 aromatic rings. The van der Waals surface area contributed by atoms with Crippen LogP contribution in [-0.4, -0.2) is 29.1 Å². The molecule has 0 amide bonds. The number of rotatable bonds is 0. The predicted octanol–water partition coefficient (Wildman–Crippen LogP) is 0.735. The third-order valence-corrected chi connectivity index (χ3v) is 2.80. The molecule has 0 aromatic carbocycles. The summed E-state index contributed by atoms with van der Waals surface area (Å²) < 4.78 is 0. The van der Waals surface area contributed by atoms with Gasteiger partial charge in [-0.3, -0.25) is 0 Å². The van der Waals surface area contributed by atoms with E-state index in [4.69, 9.17) is 0 Å². The molecule has 0 aliphatic carbocycles. The van der Waals surface area contributed by atoms with E-state index in [1.54, 1.807) is 11.3 Å². The van der Waals surface area contributed by atoms with Crippen molar-refractivity contribution in [3.8, 4) is 0 Å². The van der Waals surface area contributed by atoms with Crippen LogP contribution < -0.4 is 0 Å². The molecule has 1 aliphatic rings. The van der Waals surface area contributed by atoms with Gasteiger partial charge in [-0.25, -0.2) is 15.0 Å². The zero-order chi connectivity index (χ0) is 7.84. The number of thiazole rings is 1. The highest BCUT2D eigenvalue weighted by Crippen LogP contribution is 2.21. The molecule has 0 saturated carbocycles. The Labute approximate surface area is 70.2 Å². The number of hydrogen-bond donors (Lipinski definition) is 0. The molecule has 0 saturated heterocycles. The summed E-state index contributed by atoms with van der Waals surface area (Å²) in [5, 5.41) is 4.35. The fourth-order valence-corrected chi connectivity index (χ4v) is 1.91. The van der Waals surface area contributed by atoms with E-state index in [1.807, 2.05) is 0 Å². The number of fused-ring (bicyclic) bond motifs is 1. The number of nitrogens with zero attached hydrogens (tertiary/aromatic N) is 3. The van der Waals surface area contributed by atoms with E-state index in [-0.39, 0.29) is 0 Å². The summed E-state index contributed by atoms with van der Waals surface area (Å²) >= 11 is 1.63. The Morgan fingerprint density at radius 1 is 1.36 bits per heavy atom. The average molecular weight is 168 g/mol. The van der Waals surface area contributed by atoms with Crippen LogP contribution in [0.3, 0.4) is 0 Å². The largest absolute Gasteiger partial charge is 0.239 e. The van der Waals surface area contributed by atoms with E-state index in [9.17, 15) is 0 Å². The van der Waals surface area contributed by atoms with E-state index in [0.717, 1.165) is 13.1 Å². The second kappa shape index (κ2) is 2.55. The Kier molecular flexibility index (Phi) is 1.67. The summed E-state index contributed by atoms with van der Waals surface area (Å²) in [6.07, 6.45) is 0. The zero-order valence-electron chi connectivity index (χ0n) is 6.66. The lowest BCUT2D eigenvalue weighted by atomic mass is 10.3. The number of hydrogen-bond acceptors (Lipinski definition) is 4. The normalized spacial score (nSPS) is 20.2. The SMILES string of the molecule is CN1Cc2n[c]sc2CN1C. The van der Waals surface area contributed by atoms with Crippen molar-refractivity contribution in [1.29, 1.82) is 0 Å². The second-order valence-electron chi connectivity index (χ2n) is 2.81. The maximum absolute atomic E-state index is 4.17. The molecule has 1 aliphatic heterocycles. The smallest absolute Gasteiger partial charge is 0.152 e. The fourth-order valence-electron chi connectivity index (χ4n) is 1.17. The molecule has 4 heteroatoms. The van der Waals surface area contributed by atoms with Crippen LogP contribution >= 0.6 is 11.3 Å². The summed E-state index contributed by atoms with van der Waals surface area (Å²) in [6, 6.07) is 0. The molecule has 0 bridgehead atoms. The summed E-state index contributed by atoms with van der Waals surface area (Å²) in [5.74, 6) is 0. The standard InChI is InChI=1S/C7H10N3S/c1-9-3-6-7(4-10(9)2)11-5-8-6/h3-4H2,1-2H3. The minimum absolute atomic E-state index is 0.922. The van der Waals surface area contributed by atoms with Crippen LogP contribution in [0.25, 0.3) is 0 Å². The van der Waals surface area contributed by atoms with Gasteiger partial charge in [0.05, 0.1) is 12.2 Å². The third kappa shape index (κ3) is 1.17. The summed E-state index contributed by atoms with van der Waals surface area (Å²) in [7, 11) is 4.16. The van der Waals surface area contributed by atoms with Gasteiger partial charge in [0, 0.05) is 25.5 Å². The predicted molar refractivity (Wildman–Crippen MR) is 43.9 cm³/mol. The van der Waals surface area contributed by atoms with E-state index < -0.39 is 0 Å². The van der Waals surface area contributed by atoms with Crippen LogP contribution in [0.1, 0.15) is 10.6 Å². The molecule has 0 fully saturated rings. The summed E-state index contributed by atoms with van der Waals surface area (Å²) in [4.78, 5) is 5.52. The summed E-state index contributed by atoms with van der Waals surface area (Å²) in [5.41, 5.74) is 4.11. The Morgan fingerprint density at radius 2 is 2.09 bits per heavy atom. The second-order valence-corrected chi connectivity index (χ2v) is 3.69. The molecule has 3 nitrogen and oxygen atoms in total. The quantitative estimate of drug-likeness (QED) is 0.569. The molecule has 0 spiro atoms. The lowest BCUT2D eigenvalue weighted by Gasteiger charge is -2.31. The van der Waals surface area contributed by atoms with Crippen molar-refractivity contribution in [2.45, 2.75) is 13.1 Å². The first-order valence-corrected chi connectivity index (χ1v) is 4.36. The van der Waals surface area contributed by atoms with Crippen molar-refractivity contribution >= 4 is 11.3 Å². The minimum atomic E-state index is 0.922. The molecule has 0 unspecified atom stereocenters. The lowest BCUT2D eigenvalue weighted by molar-refractivity contribution is -0.00169. The van der Waals surface area contributed by atoms with E-state index in [2.05, 4.69) is 34.6 Å². The van der Waals surface area contributed by atoms with Gasteiger partial charge in [-0.1, -0.05) is 0 Å². The van der Waals surface area contributed by atoms with Crippen molar-refractivity contribution in [3.63, 3.8) is 0 Å². The Hall–Kier alpha value is -0.450. The fraction of sp³-hybridized carbons (Fsp3) is 0.571. The molecule has 11 heavy (non-hydrogen) atoms. The molecule has 2 rings (SSSR count). The van der Waals surface area contributed by atoms with Crippen molar-refractivity contribution in [2.75, 3.05) is 14.1 Å². The first kappa shape index (κ1) is 7.21. The highest BCUT2D eigenvalue weighted by molar-refractivity contribution is 7.09. The zero-order valence-corrected chi connectivity index (χ0v) is 7.48. The topological polar surface area (TPSA) is 19.4 Å². The molecule has 1 aromatic heterocycles. The van der Waals surface area contributed by atoms with Crippen LogP contribution in [0, 0.1) is 5.51 Å². The minimum Gasteiger partial charge on any atom is -0.239 e. The molecule has 0 atom stereocenters. The Morgan fingerprint density at radius 3 is 2.91 bits per heavy atom. The van der Waals surface area contributed by atoms with Crippen molar-refractivity contribution in [1.82, 2.24) is 15.0 Å². The van der Waals surface area contributed by atoms with E-state index >= 15 is 0 Å². The third-order valence-electron chi connectivity index (χ3n) is 2.01. The van der Waals surface area contributed by atoms with E-state index in [1.165, 1.54) is 10.6 Å². The highest BCUT2D eigenvalue weighted by Gasteiger charge is 2.19. The van der Waals surface area contributed by atoms with Gasteiger partial charge in [-0.2, -0.15) is 0 Å². The Bertz CT molecular complexity index is 233. The van der Waals surface area contributed by atoms with Gasteiger partial charge in [0.25, 0.3) is 0 Å². The van der Waals surface area contributed by atoms with Gasteiger partial charge in [0.15, 0.2) is 5.51 Å². The van der Waals surface area contributed by atoms with Crippen LogP contribution in [0.2, 0.25) is 0 Å². The van der Waals surface area contributed by atoms with Gasteiger partial charge >= 0.3 is 0 Å². The van der Waals surface area contributed by atoms with Crippen molar-refractivity contribution < 1.29 is 0 Å². The molecule has 1 radical (unpaired) electrons. The van der Waals surface area contributed by atoms with Crippen LogP contribution in [-0.2, 0) is 13.1 Å². The molecule has 59 valence electrons. The van der Waals surface area contributed by atoms with Crippen LogP contribution in [0.4, 0.5) is 0 Å². The molecule has 2 heterocycles. The van der Waals surface area contributed by atoms with Gasteiger partial charge in [0.2, 0.25) is 0 Å². The molecular formula is C7H10N3S. The van der Waals surface area contributed by atoms with Crippen LogP contribution in [0.5, 0.6) is 0 Å². The monoisotopic (exact) mass is 168 g/mol. The average Bonchev–Trinajstić information content (AvgIpc) is 2.36. The summed E-state index contributed by atoms with van der Waals surface area (Å²) in [6.45, 7) is 1.90.